The Morgan fingerprint density at radius 2 is 2.15 bits per heavy atom. The van der Waals surface area contributed by atoms with Gasteiger partial charge in [0.25, 0.3) is 0 Å². The Kier molecular flexibility index (Phi) is 7.55. The van der Waals surface area contributed by atoms with Gasteiger partial charge in [-0.15, -0.1) is 0 Å². The maximum Gasteiger partial charge on any atom is 0.103 e. The molecule has 2 unspecified atom stereocenters. The third-order valence-electron chi connectivity index (χ3n) is 4.66. The van der Waals surface area contributed by atoms with Gasteiger partial charge in [0.2, 0.25) is 0 Å². The van der Waals surface area contributed by atoms with Crippen molar-refractivity contribution in [2.75, 3.05) is 26.2 Å². The lowest BCUT2D eigenvalue weighted by Crippen LogP contribution is -2.41. The second-order valence-corrected chi connectivity index (χ2v) is 6.92. The van der Waals surface area contributed by atoms with Crippen molar-refractivity contribution in [2.45, 2.75) is 65.3 Å². The van der Waals surface area contributed by atoms with Gasteiger partial charge in [-0.05, 0) is 70.5 Å². The van der Waals surface area contributed by atoms with Gasteiger partial charge in [0.05, 0.1) is 6.07 Å². The molecule has 1 N–H and O–H groups in total. The molecule has 0 radical (unpaired) electrons. The molecule has 116 valence electrons. The standard InChI is InChI=1S/C17H33N3/c1-5-10-19-17(4,14-18)9-6-7-11-20-12-8-16(13-20)15(2)3/h15-16,19H,5-13H2,1-4H3. The average Bonchev–Trinajstić information content (AvgIpc) is 2.90. The van der Waals surface area contributed by atoms with Crippen LogP contribution in [0, 0.1) is 23.2 Å². The van der Waals surface area contributed by atoms with Crippen LogP contribution >= 0.6 is 0 Å². The van der Waals surface area contributed by atoms with Crippen LogP contribution in [0.15, 0.2) is 0 Å². The second-order valence-electron chi connectivity index (χ2n) is 6.92. The SMILES string of the molecule is CCCNC(C)(C#N)CCCCN1CCC(C(C)C)C1. The highest BCUT2D eigenvalue weighted by Crippen LogP contribution is 2.24. The Morgan fingerprint density at radius 1 is 1.40 bits per heavy atom. The Hall–Kier alpha value is -0.590. The first-order chi connectivity index (χ1) is 9.50. The van der Waals surface area contributed by atoms with E-state index in [1.807, 2.05) is 6.92 Å². The second kappa shape index (κ2) is 8.64. The molecule has 1 aliphatic rings. The lowest BCUT2D eigenvalue weighted by molar-refractivity contribution is 0.290. The Labute approximate surface area is 125 Å². The van der Waals surface area contributed by atoms with Gasteiger partial charge in [-0.3, -0.25) is 5.32 Å². The summed E-state index contributed by atoms with van der Waals surface area (Å²) in [6.45, 7) is 13.5. The molecule has 0 amide bonds. The Morgan fingerprint density at radius 3 is 2.70 bits per heavy atom. The Bertz CT molecular complexity index is 308. The van der Waals surface area contributed by atoms with Crippen molar-refractivity contribution in [2.24, 2.45) is 11.8 Å². The third-order valence-corrected chi connectivity index (χ3v) is 4.66. The number of rotatable bonds is 9. The van der Waals surface area contributed by atoms with E-state index in [9.17, 15) is 5.26 Å². The zero-order valence-corrected chi connectivity index (χ0v) is 13.9. The normalized spacial score (nSPS) is 22.9. The van der Waals surface area contributed by atoms with E-state index in [1.165, 1.54) is 32.5 Å². The van der Waals surface area contributed by atoms with Crippen molar-refractivity contribution < 1.29 is 0 Å². The molecule has 1 heterocycles. The maximum absolute atomic E-state index is 9.30. The number of hydrogen-bond donors (Lipinski definition) is 1. The molecule has 0 saturated carbocycles. The molecule has 0 aliphatic carbocycles. The molecule has 0 aromatic carbocycles. The molecular formula is C17H33N3. The lowest BCUT2D eigenvalue weighted by atomic mass is 9.95. The van der Waals surface area contributed by atoms with Crippen LogP contribution in [0.5, 0.6) is 0 Å². The smallest absolute Gasteiger partial charge is 0.103 e. The van der Waals surface area contributed by atoms with Gasteiger partial charge in [0.15, 0.2) is 0 Å². The van der Waals surface area contributed by atoms with Crippen molar-refractivity contribution in [1.82, 2.24) is 10.2 Å². The molecule has 3 nitrogen and oxygen atoms in total. The summed E-state index contributed by atoms with van der Waals surface area (Å²) in [5, 5.41) is 12.7. The van der Waals surface area contributed by atoms with Crippen LogP contribution in [0.25, 0.3) is 0 Å². The average molecular weight is 279 g/mol. The van der Waals surface area contributed by atoms with Crippen LogP contribution in [0.4, 0.5) is 0 Å². The highest BCUT2D eigenvalue weighted by molar-refractivity contribution is 5.03. The fourth-order valence-corrected chi connectivity index (χ4v) is 3.01. The number of unbranched alkanes of at least 4 members (excludes halogenated alkanes) is 1. The molecule has 2 atom stereocenters. The van der Waals surface area contributed by atoms with Gasteiger partial charge in [-0.25, -0.2) is 0 Å². The van der Waals surface area contributed by atoms with Crippen LogP contribution in [-0.2, 0) is 0 Å². The molecule has 0 aromatic heterocycles. The zero-order valence-electron chi connectivity index (χ0n) is 13.9. The maximum atomic E-state index is 9.30. The fourth-order valence-electron chi connectivity index (χ4n) is 3.01. The van der Waals surface area contributed by atoms with Crippen molar-refractivity contribution in [3.05, 3.63) is 0 Å². The van der Waals surface area contributed by atoms with E-state index in [2.05, 4.69) is 37.1 Å². The minimum atomic E-state index is -0.332. The van der Waals surface area contributed by atoms with Crippen LogP contribution in [-0.4, -0.2) is 36.6 Å². The first-order valence-electron chi connectivity index (χ1n) is 8.39. The summed E-state index contributed by atoms with van der Waals surface area (Å²) in [7, 11) is 0. The van der Waals surface area contributed by atoms with E-state index in [0.717, 1.165) is 37.6 Å². The van der Waals surface area contributed by atoms with Gasteiger partial charge in [-0.2, -0.15) is 5.26 Å². The molecule has 1 aliphatic heterocycles. The topological polar surface area (TPSA) is 39.1 Å². The molecule has 1 rings (SSSR count). The van der Waals surface area contributed by atoms with E-state index < -0.39 is 0 Å². The number of likely N-dealkylation sites (tertiary alicyclic amines) is 1. The minimum Gasteiger partial charge on any atom is -0.303 e. The summed E-state index contributed by atoms with van der Waals surface area (Å²) in [6, 6.07) is 2.44. The number of hydrogen-bond acceptors (Lipinski definition) is 3. The molecule has 0 spiro atoms. The summed E-state index contributed by atoms with van der Waals surface area (Å²) in [5.41, 5.74) is -0.332. The lowest BCUT2D eigenvalue weighted by Gasteiger charge is -2.24. The number of nitriles is 1. The van der Waals surface area contributed by atoms with Crippen LogP contribution in [0.2, 0.25) is 0 Å². The van der Waals surface area contributed by atoms with Gasteiger partial charge in [0, 0.05) is 6.54 Å². The van der Waals surface area contributed by atoms with E-state index >= 15 is 0 Å². The number of nitrogens with one attached hydrogen (secondary N) is 1. The highest BCUT2D eigenvalue weighted by Gasteiger charge is 2.25. The molecule has 0 bridgehead atoms. The molecule has 0 aromatic rings. The number of nitrogens with zero attached hydrogens (tertiary/aromatic N) is 2. The van der Waals surface area contributed by atoms with Crippen molar-refractivity contribution in [3.8, 4) is 6.07 Å². The largest absolute Gasteiger partial charge is 0.303 e. The Balaban J connectivity index is 2.17. The first-order valence-corrected chi connectivity index (χ1v) is 8.39. The summed E-state index contributed by atoms with van der Waals surface area (Å²) in [4.78, 5) is 2.61. The summed E-state index contributed by atoms with van der Waals surface area (Å²) < 4.78 is 0. The third kappa shape index (κ3) is 5.81. The fraction of sp³-hybridized carbons (Fsp3) is 0.941. The summed E-state index contributed by atoms with van der Waals surface area (Å²) in [5.74, 6) is 1.71. The van der Waals surface area contributed by atoms with Crippen LogP contribution in [0.3, 0.4) is 0 Å². The monoisotopic (exact) mass is 279 g/mol. The van der Waals surface area contributed by atoms with Gasteiger partial charge >= 0.3 is 0 Å². The quantitative estimate of drug-likeness (QED) is 0.657. The zero-order chi connectivity index (χ0) is 15.0. The first kappa shape index (κ1) is 17.5. The predicted octanol–water partition coefficient (Wildman–Crippen LogP) is 3.42. The van der Waals surface area contributed by atoms with E-state index in [-0.39, 0.29) is 5.54 Å². The van der Waals surface area contributed by atoms with E-state index in [1.54, 1.807) is 0 Å². The van der Waals surface area contributed by atoms with Crippen molar-refractivity contribution >= 4 is 0 Å². The van der Waals surface area contributed by atoms with Crippen LogP contribution < -0.4 is 5.32 Å². The van der Waals surface area contributed by atoms with Gasteiger partial charge in [0.1, 0.15) is 5.54 Å². The minimum absolute atomic E-state index is 0.332. The summed E-state index contributed by atoms with van der Waals surface area (Å²) in [6.07, 6.45) is 5.78. The van der Waals surface area contributed by atoms with Crippen molar-refractivity contribution in [1.29, 1.82) is 5.26 Å². The molecule has 20 heavy (non-hydrogen) atoms. The van der Waals surface area contributed by atoms with Crippen LogP contribution in [0.1, 0.15) is 59.8 Å². The molecular weight excluding hydrogens is 246 g/mol. The van der Waals surface area contributed by atoms with Gasteiger partial charge < -0.3 is 4.90 Å². The molecule has 3 heteroatoms. The van der Waals surface area contributed by atoms with E-state index in [4.69, 9.17) is 0 Å². The summed E-state index contributed by atoms with van der Waals surface area (Å²) >= 11 is 0. The van der Waals surface area contributed by atoms with E-state index in [0.29, 0.717) is 0 Å². The molecule has 1 fully saturated rings. The van der Waals surface area contributed by atoms with Crippen molar-refractivity contribution in [3.63, 3.8) is 0 Å². The predicted molar refractivity (Wildman–Crippen MR) is 85.5 cm³/mol. The highest BCUT2D eigenvalue weighted by atomic mass is 15.1. The van der Waals surface area contributed by atoms with Gasteiger partial charge in [-0.1, -0.05) is 20.8 Å². The molecule has 1 saturated heterocycles.